The van der Waals surface area contributed by atoms with Crippen molar-refractivity contribution in [1.29, 1.82) is 0 Å². The minimum atomic E-state index is 0. The van der Waals surface area contributed by atoms with E-state index in [0.717, 1.165) is 18.8 Å². The van der Waals surface area contributed by atoms with Gasteiger partial charge in [0.15, 0.2) is 11.1 Å². The number of anilines is 3. The van der Waals surface area contributed by atoms with Crippen LogP contribution in [0.25, 0.3) is 0 Å². The summed E-state index contributed by atoms with van der Waals surface area (Å²) in [6, 6.07) is 13.1. The second kappa shape index (κ2) is 8.58. The topological polar surface area (TPSA) is 65.7 Å². The van der Waals surface area contributed by atoms with E-state index in [-0.39, 0.29) is 17.5 Å². The number of rotatable bonds is 3. The summed E-state index contributed by atoms with van der Waals surface area (Å²) in [7, 11) is 0. The molecule has 0 saturated heterocycles. The van der Waals surface area contributed by atoms with Gasteiger partial charge in [-0.25, -0.2) is 0 Å². The molecule has 2 aromatic rings. The van der Waals surface area contributed by atoms with E-state index < -0.39 is 0 Å². The lowest BCUT2D eigenvalue weighted by molar-refractivity contribution is 0.959. The molecule has 1 aliphatic rings. The van der Waals surface area contributed by atoms with Crippen molar-refractivity contribution in [2.24, 2.45) is 10.7 Å². The summed E-state index contributed by atoms with van der Waals surface area (Å²) < 4.78 is 0. The molecule has 0 radical (unpaired) electrons. The normalized spacial score (nSPS) is 12.6. The lowest BCUT2D eigenvalue weighted by atomic mass is 10.2. The van der Waals surface area contributed by atoms with Crippen LogP contribution in [0.3, 0.4) is 0 Å². The van der Waals surface area contributed by atoms with Crippen molar-refractivity contribution in [2.45, 2.75) is 0 Å². The Morgan fingerprint density at radius 2 is 1.80 bits per heavy atom. The van der Waals surface area contributed by atoms with Crippen LogP contribution in [0.4, 0.5) is 17.1 Å². The second-order valence-electron chi connectivity index (χ2n) is 5.08. The van der Waals surface area contributed by atoms with Crippen molar-refractivity contribution < 1.29 is 0 Å². The summed E-state index contributed by atoms with van der Waals surface area (Å²) in [6.45, 7) is 1.51. The monoisotopic (exact) mass is 415 g/mol. The van der Waals surface area contributed by atoms with Crippen molar-refractivity contribution in [3.8, 4) is 0 Å². The number of hydrogen-bond donors (Lipinski definition) is 3. The Balaban J connectivity index is 0.00000225. The number of thiocarbonyl (C=S) groups is 1. The first-order valence-electron chi connectivity index (χ1n) is 7.25. The van der Waals surface area contributed by atoms with Crippen LogP contribution in [-0.4, -0.2) is 24.2 Å². The SMILES string of the molecule is Cl.NC(=S)N(c1ccccc1)c1cc(Cl)c(NC2=NCCN2)c(Cl)c1. The van der Waals surface area contributed by atoms with Gasteiger partial charge in [0.25, 0.3) is 0 Å². The molecule has 1 heterocycles. The fourth-order valence-corrected chi connectivity index (χ4v) is 3.17. The third-order valence-electron chi connectivity index (χ3n) is 3.44. The van der Waals surface area contributed by atoms with E-state index in [1.807, 2.05) is 30.3 Å². The average Bonchev–Trinajstić information content (AvgIpc) is 3.05. The standard InChI is InChI=1S/C16H15Cl2N5S.ClH/c17-12-8-11(23(15(19)24)10-4-2-1-3-5-10)9-13(18)14(12)22-16-20-6-7-21-16;/h1-5,8-9H,6-7H2,(H2,19,24)(H2,20,21,22);1H. The molecule has 1 aliphatic heterocycles. The van der Waals surface area contributed by atoms with Crippen LogP contribution in [-0.2, 0) is 0 Å². The molecule has 3 rings (SSSR count). The highest BCUT2D eigenvalue weighted by atomic mass is 35.5. The molecule has 0 saturated carbocycles. The summed E-state index contributed by atoms with van der Waals surface area (Å²) in [5, 5.41) is 7.32. The maximum Gasteiger partial charge on any atom is 0.196 e. The molecule has 0 bridgehead atoms. The summed E-state index contributed by atoms with van der Waals surface area (Å²) in [5.41, 5.74) is 8.01. The summed E-state index contributed by atoms with van der Waals surface area (Å²) >= 11 is 18.0. The van der Waals surface area contributed by atoms with E-state index in [1.165, 1.54) is 0 Å². The van der Waals surface area contributed by atoms with Crippen LogP contribution in [0.5, 0.6) is 0 Å². The van der Waals surface area contributed by atoms with Gasteiger partial charge in [-0.15, -0.1) is 12.4 Å². The molecule has 5 nitrogen and oxygen atoms in total. The lowest BCUT2D eigenvalue weighted by Crippen LogP contribution is -2.31. The number of nitrogens with zero attached hydrogens (tertiary/aromatic N) is 2. The number of nitrogens with one attached hydrogen (secondary N) is 2. The van der Waals surface area contributed by atoms with Crippen molar-refractivity contribution in [1.82, 2.24) is 5.32 Å². The first-order chi connectivity index (χ1) is 11.6. The zero-order chi connectivity index (χ0) is 17.1. The first kappa shape index (κ1) is 19.6. The van der Waals surface area contributed by atoms with Crippen molar-refractivity contribution >= 4 is 76.0 Å². The highest BCUT2D eigenvalue weighted by Crippen LogP contribution is 2.37. The predicted octanol–water partition coefficient (Wildman–Crippen LogP) is 4.17. The molecule has 4 N–H and O–H groups in total. The zero-order valence-corrected chi connectivity index (χ0v) is 16.1. The third kappa shape index (κ3) is 4.46. The van der Waals surface area contributed by atoms with Crippen LogP contribution in [0.1, 0.15) is 0 Å². The number of halogens is 3. The quantitative estimate of drug-likeness (QED) is 0.655. The molecule has 0 amide bonds. The van der Waals surface area contributed by atoms with Crippen molar-refractivity contribution in [2.75, 3.05) is 23.3 Å². The molecule has 9 heteroatoms. The van der Waals surface area contributed by atoms with Crippen LogP contribution in [0.15, 0.2) is 47.5 Å². The second-order valence-corrected chi connectivity index (χ2v) is 6.31. The molecule has 0 aliphatic carbocycles. The van der Waals surface area contributed by atoms with Crippen molar-refractivity contribution in [3.63, 3.8) is 0 Å². The Labute approximate surface area is 167 Å². The van der Waals surface area contributed by atoms with Gasteiger partial charge in [-0.2, -0.15) is 0 Å². The molecular weight excluding hydrogens is 401 g/mol. The van der Waals surface area contributed by atoms with Crippen LogP contribution >= 0.6 is 47.8 Å². The number of hydrogen-bond acceptors (Lipinski definition) is 4. The smallest absolute Gasteiger partial charge is 0.196 e. The fraction of sp³-hybridized carbons (Fsp3) is 0.125. The number of benzene rings is 2. The zero-order valence-electron chi connectivity index (χ0n) is 13.0. The Kier molecular flexibility index (Phi) is 6.72. The average molecular weight is 417 g/mol. The van der Waals surface area contributed by atoms with E-state index in [1.54, 1.807) is 17.0 Å². The highest BCUT2D eigenvalue weighted by Gasteiger charge is 2.17. The Bertz CT molecular complexity index is 775. The third-order valence-corrected chi connectivity index (χ3v) is 4.22. The minimum absolute atomic E-state index is 0. The molecule has 0 unspecified atom stereocenters. The van der Waals surface area contributed by atoms with E-state index in [9.17, 15) is 0 Å². The van der Waals surface area contributed by atoms with Gasteiger partial charge in [0.05, 0.1) is 28.0 Å². The van der Waals surface area contributed by atoms with Gasteiger partial charge in [-0.3, -0.25) is 9.89 Å². The van der Waals surface area contributed by atoms with Crippen molar-refractivity contribution in [3.05, 3.63) is 52.5 Å². The molecular formula is C16H16Cl3N5S. The van der Waals surface area contributed by atoms with Gasteiger partial charge >= 0.3 is 0 Å². The molecule has 2 aromatic carbocycles. The molecule has 0 aromatic heterocycles. The molecule has 0 fully saturated rings. The van der Waals surface area contributed by atoms with E-state index in [0.29, 0.717) is 27.4 Å². The van der Waals surface area contributed by atoms with Gasteiger partial charge in [-0.1, -0.05) is 41.4 Å². The fourth-order valence-electron chi connectivity index (χ4n) is 2.39. The predicted molar refractivity (Wildman–Crippen MR) is 113 cm³/mol. The Morgan fingerprint density at radius 3 is 2.32 bits per heavy atom. The highest BCUT2D eigenvalue weighted by molar-refractivity contribution is 7.80. The summed E-state index contributed by atoms with van der Waals surface area (Å²) in [5.74, 6) is 0.654. The Morgan fingerprint density at radius 1 is 1.16 bits per heavy atom. The van der Waals surface area contributed by atoms with Gasteiger partial charge in [0, 0.05) is 12.2 Å². The Hall–Kier alpha value is -1.73. The van der Waals surface area contributed by atoms with Gasteiger partial charge in [0.2, 0.25) is 0 Å². The molecule has 0 atom stereocenters. The van der Waals surface area contributed by atoms with Gasteiger partial charge in [0.1, 0.15) is 0 Å². The maximum absolute atomic E-state index is 6.41. The first-order valence-corrected chi connectivity index (χ1v) is 8.41. The van der Waals surface area contributed by atoms with Crippen LogP contribution in [0, 0.1) is 0 Å². The maximum atomic E-state index is 6.41. The summed E-state index contributed by atoms with van der Waals surface area (Å²) in [4.78, 5) is 5.98. The minimum Gasteiger partial charge on any atom is -0.376 e. The van der Waals surface area contributed by atoms with E-state index >= 15 is 0 Å². The number of aliphatic imine (C=N–C) groups is 1. The molecule has 25 heavy (non-hydrogen) atoms. The largest absolute Gasteiger partial charge is 0.376 e. The molecule has 132 valence electrons. The van der Waals surface area contributed by atoms with E-state index in [4.69, 9.17) is 41.2 Å². The van der Waals surface area contributed by atoms with Gasteiger partial charge in [-0.05, 0) is 36.5 Å². The summed E-state index contributed by atoms with van der Waals surface area (Å²) in [6.07, 6.45) is 0. The lowest BCUT2D eigenvalue weighted by Gasteiger charge is -2.24. The molecule has 0 spiro atoms. The number of guanidine groups is 1. The number of para-hydroxylation sites is 1. The number of nitrogens with two attached hydrogens (primary N) is 1. The van der Waals surface area contributed by atoms with Crippen LogP contribution < -0.4 is 21.3 Å². The van der Waals surface area contributed by atoms with Crippen LogP contribution in [0.2, 0.25) is 10.0 Å². The van der Waals surface area contributed by atoms with E-state index in [2.05, 4.69) is 15.6 Å². The van der Waals surface area contributed by atoms with Gasteiger partial charge < -0.3 is 16.4 Å².